The van der Waals surface area contributed by atoms with Crippen molar-refractivity contribution in [2.45, 2.75) is 31.9 Å². The molecule has 0 spiro atoms. The Kier molecular flexibility index (Phi) is 4.80. The highest BCUT2D eigenvalue weighted by molar-refractivity contribution is 7.89. The number of hydrogen-bond donors (Lipinski definition) is 1. The van der Waals surface area contributed by atoms with E-state index in [0.29, 0.717) is 6.54 Å². The molecule has 0 aliphatic rings. The van der Waals surface area contributed by atoms with Gasteiger partial charge in [0.2, 0.25) is 0 Å². The summed E-state index contributed by atoms with van der Waals surface area (Å²) in [6.07, 6.45) is 0. The molecule has 0 heterocycles. The van der Waals surface area contributed by atoms with Crippen LogP contribution >= 0.6 is 0 Å². The fourth-order valence-corrected chi connectivity index (χ4v) is 4.12. The van der Waals surface area contributed by atoms with Gasteiger partial charge in [0.25, 0.3) is 0 Å². The van der Waals surface area contributed by atoms with Crippen molar-refractivity contribution in [3.8, 4) is 0 Å². The average molecular weight is 303 g/mol. The zero-order valence-corrected chi connectivity index (χ0v) is 13.3. The summed E-state index contributed by atoms with van der Waals surface area (Å²) < 4.78 is 24.8. The van der Waals surface area contributed by atoms with E-state index in [2.05, 4.69) is 0 Å². The molecule has 0 aromatic heterocycles. The Labute approximate surface area is 126 Å². The lowest BCUT2D eigenvalue weighted by Crippen LogP contribution is -2.11. The number of rotatable bonds is 5. The quantitative estimate of drug-likeness (QED) is 0.924. The minimum absolute atomic E-state index is 0.0351. The van der Waals surface area contributed by atoms with Crippen LogP contribution in [0.15, 0.2) is 42.5 Å². The van der Waals surface area contributed by atoms with Gasteiger partial charge < -0.3 is 5.73 Å². The molecule has 2 rings (SSSR count). The summed E-state index contributed by atoms with van der Waals surface area (Å²) >= 11 is 0. The molecule has 0 aliphatic carbocycles. The third-order valence-electron chi connectivity index (χ3n) is 3.38. The molecule has 0 aliphatic heterocycles. The summed E-state index contributed by atoms with van der Waals surface area (Å²) in [7, 11) is -3.21. The van der Waals surface area contributed by atoms with E-state index in [9.17, 15) is 8.42 Å². The molecule has 2 N–H and O–H groups in total. The first-order valence-electron chi connectivity index (χ1n) is 6.94. The number of benzene rings is 2. The summed E-state index contributed by atoms with van der Waals surface area (Å²) in [5, 5.41) is 0. The highest BCUT2D eigenvalue weighted by Gasteiger charge is 2.15. The van der Waals surface area contributed by atoms with Gasteiger partial charge in [-0.2, -0.15) is 0 Å². The van der Waals surface area contributed by atoms with Crippen molar-refractivity contribution in [3.05, 3.63) is 70.3 Å². The summed E-state index contributed by atoms with van der Waals surface area (Å²) in [5.74, 6) is 0.0990. The monoisotopic (exact) mass is 303 g/mol. The van der Waals surface area contributed by atoms with Crippen molar-refractivity contribution in [1.82, 2.24) is 0 Å². The smallest absolute Gasteiger partial charge is 0.158 e. The lowest BCUT2D eigenvalue weighted by molar-refractivity contribution is 0.594. The molecule has 0 saturated carbocycles. The zero-order chi connectivity index (χ0) is 15.5. The molecule has 0 bridgehead atoms. The highest BCUT2D eigenvalue weighted by atomic mass is 32.2. The van der Waals surface area contributed by atoms with Crippen LogP contribution in [0.25, 0.3) is 0 Å². The molecule has 112 valence electrons. The fraction of sp³-hybridized carbons (Fsp3) is 0.294. The van der Waals surface area contributed by atoms with Crippen molar-refractivity contribution in [2.24, 2.45) is 5.73 Å². The summed E-state index contributed by atoms with van der Waals surface area (Å²) in [4.78, 5) is 0. The minimum Gasteiger partial charge on any atom is -0.326 e. The number of nitrogens with two attached hydrogens (primary N) is 1. The predicted octanol–water partition coefficient (Wildman–Crippen LogP) is 2.88. The number of hydrogen-bond acceptors (Lipinski definition) is 3. The Morgan fingerprint density at radius 1 is 0.905 bits per heavy atom. The van der Waals surface area contributed by atoms with Gasteiger partial charge in [-0.05, 0) is 30.5 Å². The van der Waals surface area contributed by atoms with E-state index < -0.39 is 9.84 Å². The minimum atomic E-state index is -3.21. The number of aryl methyl sites for hydroxylation is 2. The van der Waals surface area contributed by atoms with Crippen molar-refractivity contribution in [2.75, 3.05) is 0 Å². The second kappa shape index (κ2) is 6.41. The first kappa shape index (κ1) is 15.7. The van der Waals surface area contributed by atoms with Crippen LogP contribution in [0, 0.1) is 13.8 Å². The Bertz CT molecular complexity index is 716. The van der Waals surface area contributed by atoms with Gasteiger partial charge in [0.1, 0.15) is 0 Å². The predicted molar refractivity (Wildman–Crippen MR) is 86.6 cm³/mol. The molecule has 0 radical (unpaired) electrons. The highest BCUT2D eigenvalue weighted by Crippen LogP contribution is 2.17. The van der Waals surface area contributed by atoms with E-state index in [4.69, 9.17) is 5.73 Å². The van der Waals surface area contributed by atoms with Gasteiger partial charge in [0.05, 0.1) is 11.5 Å². The molecule has 3 nitrogen and oxygen atoms in total. The first-order valence-corrected chi connectivity index (χ1v) is 8.76. The van der Waals surface area contributed by atoms with Crippen LogP contribution in [0.3, 0.4) is 0 Å². The van der Waals surface area contributed by atoms with Gasteiger partial charge in [-0.15, -0.1) is 0 Å². The topological polar surface area (TPSA) is 60.2 Å². The van der Waals surface area contributed by atoms with Gasteiger partial charge in [-0.25, -0.2) is 8.42 Å². The van der Waals surface area contributed by atoms with Crippen LogP contribution in [0.5, 0.6) is 0 Å². The Balaban J connectivity index is 2.22. The summed E-state index contributed by atoms with van der Waals surface area (Å²) in [6, 6.07) is 13.3. The van der Waals surface area contributed by atoms with Crippen molar-refractivity contribution >= 4 is 9.84 Å². The summed E-state index contributed by atoms with van der Waals surface area (Å²) in [6.45, 7) is 4.31. The van der Waals surface area contributed by atoms with Crippen LogP contribution in [-0.2, 0) is 27.9 Å². The second-order valence-electron chi connectivity index (χ2n) is 5.50. The van der Waals surface area contributed by atoms with E-state index >= 15 is 0 Å². The molecule has 0 atom stereocenters. The standard InChI is InChI=1S/C17H21NO2S/c1-13-7-14(2)9-15(8-13)11-21(19,20)12-17-6-4-3-5-16(17)10-18/h3-9H,10-12,18H2,1-2H3. The van der Waals surface area contributed by atoms with E-state index in [-0.39, 0.29) is 11.5 Å². The molecule has 0 unspecified atom stereocenters. The molecule has 2 aromatic carbocycles. The normalized spacial score (nSPS) is 11.6. The molecule has 0 fully saturated rings. The SMILES string of the molecule is Cc1cc(C)cc(CS(=O)(=O)Cc2ccccc2CN)c1. The maximum absolute atomic E-state index is 12.4. The van der Waals surface area contributed by atoms with Gasteiger partial charge in [-0.1, -0.05) is 53.6 Å². The van der Waals surface area contributed by atoms with E-state index in [0.717, 1.165) is 27.8 Å². The molecule has 2 aromatic rings. The second-order valence-corrected chi connectivity index (χ2v) is 7.57. The largest absolute Gasteiger partial charge is 0.326 e. The Hall–Kier alpha value is -1.65. The summed E-state index contributed by atoms with van der Waals surface area (Å²) in [5.41, 5.74) is 10.4. The lowest BCUT2D eigenvalue weighted by Gasteiger charge is -2.10. The van der Waals surface area contributed by atoms with Crippen LogP contribution in [0.2, 0.25) is 0 Å². The lowest BCUT2D eigenvalue weighted by atomic mass is 10.1. The Morgan fingerprint density at radius 2 is 1.48 bits per heavy atom. The molecule has 0 amide bonds. The maximum atomic E-state index is 12.4. The zero-order valence-electron chi connectivity index (χ0n) is 12.5. The molecular weight excluding hydrogens is 282 g/mol. The van der Waals surface area contributed by atoms with Crippen LogP contribution in [0.1, 0.15) is 27.8 Å². The van der Waals surface area contributed by atoms with Gasteiger partial charge in [0.15, 0.2) is 9.84 Å². The molecule has 21 heavy (non-hydrogen) atoms. The van der Waals surface area contributed by atoms with Crippen LogP contribution in [0.4, 0.5) is 0 Å². The fourth-order valence-electron chi connectivity index (χ4n) is 2.59. The van der Waals surface area contributed by atoms with Gasteiger partial charge >= 0.3 is 0 Å². The molecule has 4 heteroatoms. The van der Waals surface area contributed by atoms with Crippen molar-refractivity contribution < 1.29 is 8.42 Å². The number of sulfone groups is 1. The van der Waals surface area contributed by atoms with Crippen molar-refractivity contribution in [3.63, 3.8) is 0 Å². The van der Waals surface area contributed by atoms with Gasteiger partial charge in [0, 0.05) is 6.54 Å². The van der Waals surface area contributed by atoms with Crippen LogP contribution in [-0.4, -0.2) is 8.42 Å². The maximum Gasteiger partial charge on any atom is 0.158 e. The van der Waals surface area contributed by atoms with Crippen LogP contribution < -0.4 is 5.73 Å². The average Bonchev–Trinajstić information content (AvgIpc) is 2.36. The Morgan fingerprint density at radius 3 is 2.05 bits per heavy atom. The van der Waals surface area contributed by atoms with E-state index in [1.54, 1.807) is 0 Å². The van der Waals surface area contributed by atoms with Crippen molar-refractivity contribution in [1.29, 1.82) is 0 Å². The molecule has 0 saturated heterocycles. The molecular formula is C17H21NO2S. The van der Waals surface area contributed by atoms with E-state index in [1.807, 2.05) is 56.3 Å². The third-order valence-corrected chi connectivity index (χ3v) is 4.91. The van der Waals surface area contributed by atoms with E-state index in [1.165, 1.54) is 0 Å². The van der Waals surface area contributed by atoms with Gasteiger partial charge in [-0.3, -0.25) is 0 Å². The first-order chi connectivity index (χ1) is 9.89. The third kappa shape index (κ3) is 4.41.